The molecule has 0 aromatic carbocycles. The lowest BCUT2D eigenvalue weighted by molar-refractivity contribution is -0.870. The quantitative estimate of drug-likeness (QED) is 0.0163. The van der Waals surface area contributed by atoms with Crippen LogP contribution < -0.4 is 0 Å². The summed E-state index contributed by atoms with van der Waals surface area (Å²) in [6.07, 6.45) is 40.1. The molecular weight excluding hydrogens is 830 g/mol. The predicted molar refractivity (Wildman–Crippen MR) is 261 cm³/mol. The Hall–Kier alpha value is -3.05. The van der Waals surface area contributed by atoms with Crippen LogP contribution in [0.2, 0.25) is 0 Å². The van der Waals surface area contributed by atoms with E-state index in [0.717, 1.165) is 51.4 Å². The SMILES string of the molecule is CC/C=C\C(O)C/C=C/C=C\C/C=C\C/C=C\CCCC(=O)O[C@H](COC(=O)CCCCCCCCCCCCc1oc(CCCCC)c(C)c1C)COP(=O)(O)OCC[N+](C)(C)C. The number of quaternary nitrogens is 1. The Morgan fingerprint density at radius 3 is 1.88 bits per heavy atom. The largest absolute Gasteiger partial charge is 0.472 e. The second kappa shape index (κ2) is 37.1. The van der Waals surface area contributed by atoms with E-state index in [1.807, 2.05) is 70.6 Å². The predicted octanol–water partition coefficient (Wildman–Crippen LogP) is 12.7. The Kier molecular flexibility index (Phi) is 34.2. The molecule has 0 bridgehead atoms. The van der Waals surface area contributed by atoms with E-state index < -0.39 is 38.6 Å². The molecule has 0 amide bonds. The van der Waals surface area contributed by atoms with Gasteiger partial charge < -0.3 is 28.4 Å². The van der Waals surface area contributed by atoms with Crippen molar-refractivity contribution in [2.45, 2.75) is 188 Å². The monoisotopic (exact) mass is 919 g/mol. The van der Waals surface area contributed by atoms with Crippen molar-refractivity contribution in [2.24, 2.45) is 0 Å². The molecule has 0 aliphatic carbocycles. The number of rotatable bonds is 40. The number of unbranched alkanes of at least 4 members (excludes halogenated alkanes) is 12. The first kappa shape index (κ1) is 59.0. The zero-order valence-corrected chi connectivity index (χ0v) is 42.0. The second-order valence-electron chi connectivity index (χ2n) is 17.9. The minimum absolute atomic E-state index is 0.00536. The molecule has 2 unspecified atom stereocenters. The molecular formula is C52H89NO10P+. The highest BCUT2D eigenvalue weighted by Crippen LogP contribution is 2.43. The van der Waals surface area contributed by atoms with Crippen LogP contribution >= 0.6 is 7.82 Å². The molecule has 0 saturated carbocycles. The first-order valence-electron chi connectivity index (χ1n) is 24.5. The molecule has 1 rings (SSSR count). The lowest BCUT2D eigenvalue weighted by Crippen LogP contribution is -2.37. The standard InChI is InChI=1S/C52H88NO10P/c1-8-10-30-37-49-45(3)46(4)50(63-49)38-32-27-23-19-16-17-20-24-28-33-39-51(55)59-43-48(44-61-64(57,58)60-42-41-53(5,6)7)62-52(56)40-34-29-25-21-15-13-12-14-18-22-26-31-36-47(54)35-11-9-2/h11-13,18,21-22,25-26,31,35,47-48,54H,8-10,14-17,19-20,23-24,27-30,32-34,36-44H2,1-7H3/p+1/b13-12-,22-18-,25-21-,31-26+,35-11-/t47?,48-/m1/s1. The molecule has 11 nitrogen and oxygen atoms in total. The maximum absolute atomic E-state index is 12.7. The molecule has 1 aromatic rings. The van der Waals surface area contributed by atoms with Gasteiger partial charge in [-0.2, -0.15) is 0 Å². The summed E-state index contributed by atoms with van der Waals surface area (Å²) in [7, 11) is 1.39. The van der Waals surface area contributed by atoms with Crippen molar-refractivity contribution in [1.29, 1.82) is 0 Å². The minimum Gasteiger partial charge on any atom is -0.466 e. The van der Waals surface area contributed by atoms with Crippen molar-refractivity contribution in [3.8, 4) is 0 Å². The van der Waals surface area contributed by atoms with E-state index >= 15 is 0 Å². The number of phosphoric ester groups is 1. The topological polar surface area (TPSA) is 142 Å². The average molecular weight is 919 g/mol. The second-order valence-corrected chi connectivity index (χ2v) is 19.4. The van der Waals surface area contributed by atoms with Crippen LogP contribution in [0.15, 0.2) is 65.2 Å². The fourth-order valence-corrected chi connectivity index (χ4v) is 7.46. The van der Waals surface area contributed by atoms with Gasteiger partial charge in [-0.1, -0.05) is 139 Å². The fraction of sp³-hybridized carbons (Fsp3) is 0.692. The molecule has 0 aliphatic heterocycles. The maximum Gasteiger partial charge on any atom is 0.472 e. The van der Waals surface area contributed by atoms with Gasteiger partial charge in [0.2, 0.25) is 0 Å². The number of esters is 2. The Labute approximate surface area is 388 Å². The highest BCUT2D eigenvalue weighted by Gasteiger charge is 2.27. The van der Waals surface area contributed by atoms with Crippen molar-refractivity contribution < 1.29 is 51.6 Å². The van der Waals surface area contributed by atoms with Gasteiger partial charge in [-0.3, -0.25) is 18.6 Å². The normalized spacial score (nSPS) is 14.5. The number of nitrogens with zero attached hydrogens (tertiary/aromatic N) is 1. The molecule has 366 valence electrons. The van der Waals surface area contributed by atoms with E-state index in [1.165, 1.54) is 80.4 Å². The van der Waals surface area contributed by atoms with Gasteiger partial charge in [0, 0.05) is 25.7 Å². The highest BCUT2D eigenvalue weighted by molar-refractivity contribution is 7.47. The van der Waals surface area contributed by atoms with Gasteiger partial charge >= 0.3 is 19.8 Å². The average Bonchev–Trinajstić information content (AvgIpc) is 3.51. The summed E-state index contributed by atoms with van der Waals surface area (Å²) >= 11 is 0. The van der Waals surface area contributed by atoms with E-state index in [2.05, 4.69) is 39.0 Å². The number of likely N-dealkylation sites (N-methyl/N-ethyl adjacent to an activating group) is 1. The summed E-state index contributed by atoms with van der Waals surface area (Å²) < 4.78 is 40.6. The van der Waals surface area contributed by atoms with Crippen molar-refractivity contribution in [2.75, 3.05) is 47.5 Å². The Balaban J connectivity index is 2.35. The van der Waals surface area contributed by atoms with Crippen molar-refractivity contribution >= 4 is 19.8 Å². The van der Waals surface area contributed by atoms with Crippen LogP contribution in [0.4, 0.5) is 0 Å². The zero-order valence-electron chi connectivity index (χ0n) is 41.1. The summed E-state index contributed by atoms with van der Waals surface area (Å²) in [4.78, 5) is 35.5. The van der Waals surface area contributed by atoms with E-state index in [0.29, 0.717) is 36.7 Å². The third kappa shape index (κ3) is 33.4. The smallest absolute Gasteiger partial charge is 0.466 e. The number of aliphatic hydroxyl groups is 1. The van der Waals surface area contributed by atoms with Crippen LogP contribution in [0.5, 0.6) is 0 Å². The Bertz CT molecular complexity index is 1570. The fourth-order valence-electron chi connectivity index (χ4n) is 6.72. The third-order valence-electron chi connectivity index (χ3n) is 10.8. The summed E-state index contributed by atoms with van der Waals surface area (Å²) in [5.41, 5.74) is 2.69. The maximum atomic E-state index is 12.7. The van der Waals surface area contributed by atoms with Crippen LogP contribution in [-0.2, 0) is 45.5 Å². The molecule has 0 saturated heterocycles. The summed E-state index contributed by atoms with van der Waals surface area (Å²) in [6, 6.07) is 0. The molecule has 1 aromatic heterocycles. The highest BCUT2D eigenvalue weighted by atomic mass is 31.2. The van der Waals surface area contributed by atoms with Crippen molar-refractivity contribution in [1.82, 2.24) is 0 Å². The number of carbonyl (C=O) groups is 2. The van der Waals surface area contributed by atoms with Gasteiger partial charge in [-0.15, -0.1) is 0 Å². The number of hydrogen-bond acceptors (Lipinski definition) is 9. The minimum atomic E-state index is -4.42. The number of hydrogen-bond donors (Lipinski definition) is 2. The molecule has 0 radical (unpaired) electrons. The van der Waals surface area contributed by atoms with Crippen LogP contribution in [-0.4, -0.2) is 86.1 Å². The van der Waals surface area contributed by atoms with E-state index in [9.17, 15) is 24.2 Å². The molecule has 0 spiro atoms. The lowest BCUT2D eigenvalue weighted by Gasteiger charge is -2.24. The Morgan fingerprint density at radius 2 is 1.25 bits per heavy atom. The van der Waals surface area contributed by atoms with Gasteiger partial charge in [0.25, 0.3) is 0 Å². The molecule has 0 fully saturated rings. The number of furan rings is 1. The van der Waals surface area contributed by atoms with Crippen LogP contribution in [0.3, 0.4) is 0 Å². The number of ether oxygens (including phenoxy) is 2. The van der Waals surface area contributed by atoms with Crippen molar-refractivity contribution in [3.05, 3.63) is 83.4 Å². The Morgan fingerprint density at radius 1 is 0.688 bits per heavy atom. The van der Waals surface area contributed by atoms with Gasteiger partial charge in [-0.25, -0.2) is 4.57 Å². The molecule has 12 heteroatoms. The molecule has 0 aliphatic rings. The van der Waals surface area contributed by atoms with E-state index in [4.69, 9.17) is 22.9 Å². The number of carbonyl (C=O) groups excluding carboxylic acids is 2. The summed E-state index contributed by atoms with van der Waals surface area (Å²) in [5.74, 6) is 1.46. The van der Waals surface area contributed by atoms with E-state index in [-0.39, 0.29) is 26.1 Å². The molecule has 64 heavy (non-hydrogen) atoms. The van der Waals surface area contributed by atoms with Gasteiger partial charge in [0.15, 0.2) is 6.10 Å². The number of aliphatic hydroxyl groups excluding tert-OH is 1. The summed E-state index contributed by atoms with van der Waals surface area (Å²) in [5, 5.41) is 9.79. The van der Waals surface area contributed by atoms with Crippen LogP contribution in [0, 0.1) is 13.8 Å². The molecule has 1 heterocycles. The molecule has 3 atom stereocenters. The first-order chi connectivity index (χ1) is 30.7. The van der Waals surface area contributed by atoms with Gasteiger partial charge in [0.1, 0.15) is 31.3 Å². The number of allylic oxidation sites excluding steroid dienone is 8. The molecule has 2 N–H and O–H groups in total. The van der Waals surface area contributed by atoms with Crippen molar-refractivity contribution in [3.63, 3.8) is 0 Å². The lowest BCUT2D eigenvalue weighted by atomic mass is 10.0. The number of aryl methyl sites for hydroxylation is 2. The summed E-state index contributed by atoms with van der Waals surface area (Å²) in [6.45, 7) is 8.44. The first-order valence-corrected chi connectivity index (χ1v) is 26.0. The third-order valence-corrected chi connectivity index (χ3v) is 11.8. The van der Waals surface area contributed by atoms with Gasteiger partial charge in [0.05, 0.1) is 33.9 Å². The van der Waals surface area contributed by atoms with Crippen LogP contribution in [0.1, 0.15) is 171 Å². The van der Waals surface area contributed by atoms with E-state index in [1.54, 1.807) is 0 Å². The number of phosphoric acid groups is 1. The van der Waals surface area contributed by atoms with Crippen LogP contribution in [0.25, 0.3) is 0 Å². The zero-order chi connectivity index (χ0) is 47.3. The van der Waals surface area contributed by atoms with Gasteiger partial charge in [-0.05, 0) is 82.8 Å².